The summed E-state index contributed by atoms with van der Waals surface area (Å²) in [5.74, 6) is 1.86. The number of piperidine rings is 1. The summed E-state index contributed by atoms with van der Waals surface area (Å²) in [5, 5.41) is 4.56. The number of fused-ring (bicyclic) bond motifs is 1. The molecule has 2 saturated heterocycles. The Kier molecular flexibility index (Phi) is 7.06. The van der Waals surface area contributed by atoms with Gasteiger partial charge in [0.15, 0.2) is 5.96 Å². The van der Waals surface area contributed by atoms with Gasteiger partial charge in [-0.1, -0.05) is 18.2 Å². The summed E-state index contributed by atoms with van der Waals surface area (Å²) in [7, 11) is 0. The van der Waals surface area contributed by atoms with Crippen molar-refractivity contribution in [2.24, 2.45) is 4.99 Å². The normalized spacial score (nSPS) is 21.6. The zero-order chi connectivity index (χ0) is 19.9. The standard InChI is InChI=1S/C23H33N3O3/c1-2-24-23(25-16-21-15-18-7-3-4-9-22(18)29-21)26-12-10-19(11-13-26)28-17-20-8-5-6-14-27-20/h3-4,7,9,15,19-20H,2,5-6,8,10-14,16-17H2,1H3,(H,24,25). The van der Waals surface area contributed by atoms with Crippen LogP contribution in [0.1, 0.15) is 44.8 Å². The minimum Gasteiger partial charge on any atom is -0.459 e. The Morgan fingerprint density at radius 2 is 2.07 bits per heavy atom. The molecule has 6 nitrogen and oxygen atoms in total. The molecule has 0 bridgehead atoms. The first kappa shape index (κ1) is 20.2. The fraction of sp³-hybridized carbons (Fsp3) is 0.609. The molecular weight excluding hydrogens is 366 g/mol. The van der Waals surface area contributed by atoms with Crippen LogP contribution in [0.5, 0.6) is 0 Å². The number of likely N-dealkylation sites (tertiary alicyclic amines) is 1. The van der Waals surface area contributed by atoms with Gasteiger partial charge in [-0.15, -0.1) is 0 Å². The monoisotopic (exact) mass is 399 g/mol. The van der Waals surface area contributed by atoms with E-state index in [2.05, 4.69) is 29.3 Å². The minimum atomic E-state index is 0.296. The zero-order valence-electron chi connectivity index (χ0n) is 17.4. The number of ether oxygens (including phenoxy) is 2. The van der Waals surface area contributed by atoms with E-state index < -0.39 is 0 Å². The Hall–Kier alpha value is -2.05. The quantitative estimate of drug-likeness (QED) is 0.589. The number of guanidine groups is 1. The molecule has 158 valence electrons. The van der Waals surface area contributed by atoms with Gasteiger partial charge in [-0.2, -0.15) is 0 Å². The van der Waals surface area contributed by atoms with E-state index in [9.17, 15) is 0 Å². The number of rotatable bonds is 6. The van der Waals surface area contributed by atoms with Gasteiger partial charge in [0.2, 0.25) is 0 Å². The van der Waals surface area contributed by atoms with E-state index in [0.717, 1.165) is 74.8 Å². The van der Waals surface area contributed by atoms with E-state index in [4.69, 9.17) is 18.9 Å². The number of para-hydroxylation sites is 1. The van der Waals surface area contributed by atoms with Crippen molar-refractivity contribution in [2.75, 3.05) is 32.8 Å². The molecule has 1 unspecified atom stereocenters. The third-order valence-corrected chi connectivity index (χ3v) is 5.73. The van der Waals surface area contributed by atoms with Gasteiger partial charge in [0.05, 0.1) is 18.8 Å². The summed E-state index contributed by atoms with van der Waals surface area (Å²) >= 11 is 0. The molecule has 1 aromatic heterocycles. The molecule has 0 amide bonds. The number of hydrogen-bond donors (Lipinski definition) is 1. The smallest absolute Gasteiger partial charge is 0.194 e. The lowest BCUT2D eigenvalue weighted by atomic mass is 10.1. The van der Waals surface area contributed by atoms with Crippen LogP contribution < -0.4 is 5.32 Å². The highest BCUT2D eigenvalue weighted by Gasteiger charge is 2.23. The van der Waals surface area contributed by atoms with Crippen LogP contribution in [0.2, 0.25) is 0 Å². The van der Waals surface area contributed by atoms with Crippen molar-refractivity contribution in [2.45, 2.75) is 57.8 Å². The van der Waals surface area contributed by atoms with Gasteiger partial charge < -0.3 is 24.1 Å². The Morgan fingerprint density at radius 3 is 2.83 bits per heavy atom. The lowest BCUT2D eigenvalue weighted by molar-refractivity contribution is -0.0721. The van der Waals surface area contributed by atoms with Crippen LogP contribution >= 0.6 is 0 Å². The van der Waals surface area contributed by atoms with Crippen LogP contribution in [-0.2, 0) is 16.0 Å². The van der Waals surface area contributed by atoms with Crippen LogP contribution in [0.25, 0.3) is 11.0 Å². The van der Waals surface area contributed by atoms with E-state index in [1.165, 1.54) is 12.8 Å². The number of nitrogens with zero attached hydrogens (tertiary/aromatic N) is 2. The fourth-order valence-electron chi connectivity index (χ4n) is 4.11. The summed E-state index contributed by atoms with van der Waals surface area (Å²) in [6.45, 7) is 7.06. The van der Waals surface area contributed by atoms with Crippen molar-refractivity contribution < 1.29 is 13.9 Å². The van der Waals surface area contributed by atoms with Crippen LogP contribution in [0, 0.1) is 0 Å². The number of furan rings is 1. The van der Waals surface area contributed by atoms with E-state index >= 15 is 0 Å². The zero-order valence-corrected chi connectivity index (χ0v) is 17.4. The first-order valence-electron chi connectivity index (χ1n) is 11.1. The van der Waals surface area contributed by atoms with Crippen molar-refractivity contribution in [3.63, 3.8) is 0 Å². The lowest BCUT2D eigenvalue weighted by Crippen LogP contribution is -2.47. The highest BCUT2D eigenvalue weighted by atomic mass is 16.5. The van der Waals surface area contributed by atoms with E-state index in [0.29, 0.717) is 18.8 Å². The highest BCUT2D eigenvalue weighted by molar-refractivity contribution is 5.80. The molecule has 6 heteroatoms. The molecule has 1 N–H and O–H groups in total. The molecule has 0 spiro atoms. The van der Waals surface area contributed by atoms with Crippen molar-refractivity contribution in [1.82, 2.24) is 10.2 Å². The van der Waals surface area contributed by atoms with E-state index in [1.54, 1.807) is 0 Å². The van der Waals surface area contributed by atoms with Crippen molar-refractivity contribution in [1.29, 1.82) is 0 Å². The van der Waals surface area contributed by atoms with Crippen LogP contribution in [-0.4, -0.2) is 55.9 Å². The maximum absolute atomic E-state index is 6.15. The van der Waals surface area contributed by atoms with Crippen LogP contribution in [0.3, 0.4) is 0 Å². The van der Waals surface area contributed by atoms with Gasteiger partial charge in [0.25, 0.3) is 0 Å². The maximum atomic E-state index is 6.15. The highest BCUT2D eigenvalue weighted by Crippen LogP contribution is 2.20. The molecule has 3 heterocycles. The van der Waals surface area contributed by atoms with Gasteiger partial charge in [-0.05, 0) is 51.2 Å². The second-order valence-corrected chi connectivity index (χ2v) is 7.93. The summed E-state index contributed by atoms with van der Waals surface area (Å²) in [5.41, 5.74) is 0.919. The molecular formula is C23H33N3O3. The molecule has 4 rings (SSSR count). The van der Waals surface area contributed by atoms with Gasteiger partial charge in [0, 0.05) is 31.6 Å². The summed E-state index contributed by atoms with van der Waals surface area (Å²) in [4.78, 5) is 7.16. The molecule has 1 atom stereocenters. The Bertz CT molecular complexity index is 757. The number of benzene rings is 1. The SMILES string of the molecule is CCNC(=NCc1cc2ccccc2o1)N1CCC(OCC2CCCCO2)CC1. The Labute approximate surface area is 173 Å². The van der Waals surface area contributed by atoms with Gasteiger partial charge in [-0.25, -0.2) is 4.99 Å². The molecule has 0 aliphatic carbocycles. The predicted octanol–water partition coefficient (Wildman–Crippen LogP) is 3.95. The molecule has 0 saturated carbocycles. The van der Waals surface area contributed by atoms with Crippen LogP contribution in [0.15, 0.2) is 39.7 Å². The number of nitrogens with one attached hydrogen (secondary N) is 1. The topological polar surface area (TPSA) is 59.2 Å². The minimum absolute atomic E-state index is 0.296. The van der Waals surface area contributed by atoms with Crippen LogP contribution in [0.4, 0.5) is 0 Å². The Balaban J connectivity index is 1.28. The van der Waals surface area contributed by atoms with E-state index in [-0.39, 0.29) is 0 Å². The summed E-state index contributed by atoms with van der Waals surface area (Å²) in [6, 6.07) is 10.2. The molecule has 2 fully saturated rings. The van der Waals surface area contributed by atoms with Crippen molar-refractivity contribution in [3.8, 4) is 0 Å². The molecule has 2 aliphatic heterocycles. The van der Waals surface area contributed by atoms with Gasteiger partial charge >= 0.3 is 0 Å². The lowest BCUT2D eigenvalue weighted by Gasteiger charge is -2.35. The van der Waals surface area contributed by atoms with E-state index in [1.807, 2.05) is 18.2 Å². The van der Waals surface area contributed by atoms with Crippen molar-refractivity contribution in [3.05, 3.63) is 36.1 Å². The third kappa shape index (κ3) is 5.52. The van der Waals surface area contributed by atoms with Crippen molar-refractivity contribution >= 4 is 16.9 Å². The third-order valence-electron chi connectivity index (χ3n) is 5.73. The second-order valence-electron chi connectivity index (χ2n) is 7.93. The molecule has 1 aromatic carbocycles. The Morgan fingerprint density at radius 1 is 1.21 bits per heavy atom. The maximum Gasteiger partial charge on any atom is 0.194 e. The largest absolute Gasteiger partial charge is 0.459 e. The fourth-order valence-corrected chi connectivity index (χ4v) is 4.11. The summed E-state index contributed by atoms with van der Waals surface area (Å²) in [6.07, 6.45) is 6.27. The first-order valence-corrected chi connectivity index (χ1v) is 11.1. The molecule has 29 heavy (non-hydrogen) atoms. The molecule has 0 radical (unpaired) electrons. The second kappa shape index (κ2) is 10.1. The molecule has 2 aliphatic rings. The number of hydrogen-bond acceptors (Lipinski definition) is 4. The predicted molar refractivity (Wildman–Crippen MR) is 115 cm³/mol. The molecule has 2 aromatic rings. The summed E-state index contributed by atoms with van der Waals surface area (Å²) < 4.78 is 17.8. The average Bonchev–Trinajstić information content (AvgIpc) is 3.19. The first-order chi connectivity index (χ1) is 14.3. The number of aliphatic imine (C=N–C) groups is 1. The van der Waals surface area contributed by atoms with Gasteiger partial charge in [-0.3, -0.25) is 0 Å². The average molecular weight is 400 g/mol. The van der Waals surface area contributed by atoms with Gasteiger partial charge in [0.1, 0.15) is 17.9 Å².